The number of methoxy groups -OCH3 is 2. The van der Waals surface area contributed by atoms with Crippen LogP contribution >= 0.6 is 11.6 Å². The lowest BCUT2D eigenvalue weighted by Crippen LogP contribution is -2.16. The molecule has 0 aliphatic carbocycles. The second-order valence-electron chi connectivity index (χ2n) is 5.89. The number of hydrogen-bond donors (Lipinski definition) is 1. The van der Waals surface area contributed by atoms with Gasteiger partial charge in [-0.25, -0.2) is 0 Å². The molecule has 1 heterocycles. The summed E-state index contributed by atoms with van der Waals surface area (Å²) >= 11 is 5.92. The van der Waals surface area contributed by atoms with Gasteiger partial charge in [-0.2, -0.15) is 0 Å². The molecule has 2 aromatic carbocycles. The van der Waals surface area contributed by atoms with Crippen molar-refractivity contribution >= 4 is 11.6 Å². The molecule has 0 spiro atoms. The van der Waals surface area contributed by atoms with Gasteiger partial charge < -0.3 is 19.2 Å². The van der Waals surface area contributed by atoms with Crippen LogP contribution in [-0.4, -0.2) is 20.8 Å². The molecule has 0 saturated carbocycles. The minimum Gasteiger partial charge on any atom is -0.493 e. The molecule has 0 amide bonds. The first-order chi connectivity index (χ1) is 12.7. The highest BCUT2D eigenvalue weighted by molar-refractivity contribution is 6.30. The fraction of sp³-hybridized carbons (Fsp3) is 0.238. The molecule has 4 nitrogen and oxygen atoms in total. The second-order valence-corrected chi connectivity index (χ2v) is 6.33. The third-order valence-electron chi connectivity index (χ3n) is 4.13. The van der Waals surface area contributed by atoms with Crippen LogP contribution in [0.1, 0.15) is 11.3 Å². The number of benzene rings is 2. The number of furan rings is 1. The summed E-state index contributed by atoms with van der Waals surface area (Å²) in [4.78, 5) is 0. The minimum absolute atomic E-state index is 0.681. The van der Waals surface area contributed by atoms with E-state index in [0.717, 1.165) is 46.6 Å². The van der Waals surface area contributed by atoms with Crippen LogP contribution in [0.15, 0.2) is 59.0 Å². The first kappa shape index (κ1) is 18.4. The van der Waals surface area contributed by atoms with Gasteiger partial charge in [0.25, 0.3) is 0 Å². The quantitative estimate of drug-likeness (QED) is 0.569. The largest absolute Gasteiger partial charge is 0.493 e. The molecule has 136 valence electrons. The Labute approximate surface area is 158 Å². The highest BCUT2D eigenvalue weighted by Crippen LogP contribution is 2.27. The van der Waals surface area contributed by atoms with Crippen molar-refractivity contribution in [3.05, 3.63) is 70.9 Å². The van der Waals surface area contributed by atoms with E-state index in [9.17, 15) is 0 Å². The normalized spacial score (nSPS) is 10.7. The van der Waals surface area contributed by atoms with Gasteiger partial charge >= 0.3 is 0 Å². The zero-order valence-corrected chi connectivity index (χ0v) is 15.7. The van der Waals surface area contributed by atoms with E-state index >= 15 is 0 Å². The van der Waals surface area contributed by atoms with Gasteiger partial charge in [-0.1, -0.05) is 17.7 Å². The predicted molar refractivity (Wildman–Crippen MR) is 104 cm³/mol. The highest BCUT2D eigenvalue weighted by Gasteiger charge is 2.06. The number of rotatable bonds is 8. The second kappa shape index (κ2) is 8.79. The molecule has 0 radical (unpaired) electrons. The summed E-state index contributed by atoms with van der Waals surface area (Å²) in [6, 6.07) is 17.6. The summed E-state index contributed by atoms with van der Waals surface area (Å²) < 4.78 is 16.5. The first-order valence-electron chi connectivity index (χ1n) is 8.46. The maximum absolute atomic E-state index is 5.92. The first-order valence-corrected chi connectivity index (χ1v) is 8.83. The van der Waals surface area contributed by atoms with Crippen molar-refractivity contribution in [1.29, 1.82) is 0 Å². The SMILES string of the molecule is COc1ccc(CCNCc2ccc(-c3ccc(Cl)cc3)o2)cc1OC. The van der Waals surface area contributed by atoms with Crippen LogP contribution in [0.5, 0.6) is 11.5 Å². The van der Waals surface area contributed by atoms with Gasteiger partial charge in [0.15, 0.2) is 11.5 Å². The maximum Gasteiger partial charge on any atom is 0.160 e. The Balaban J connectivity index is 1.50. The van der Waals surface area contributed by atoms with Crippen molar-refractivity contribution in [2.24, 2.45) is 0 Å². The molecule has 0 bridgehead atoms. The Morgan fingerprint density at radius 1 is 0.923 bits per heavy atom. The molecule has 0 atom stereocenters. The van der Waals surface area contributed by atoms with Gasteiger partial charge in [-0.05, 0) is 67.1 Å². The lowest BCUT2D eigenvalue weighted by atomic mass is 10.1. The number of ether oxygens (including phenoxy) is 2. The Kier molecular flexibility index (Phi) is 6.21. The molecule has 0 fully saturated rings. The molecule has 1 N–H and O–H groups in total. The van der Waals surface area contributed by atoms with Gasteiger partial charge in [0.05, 0.1) is 20.8 Å². The van der Waals surface area contributed by atoms with Gasteiger partial charge in [0.1, 0.15) is 11.5 Å². The third-order valence-corrected chi connectivity index (χ3v) is 4.38. The summed E-state index contributed by atoms with van der Waals surface area (Å²) in [5.74, 6) is 3.25. The number of hydrogen-bond acceptors (Lipinski definition) is 4. The Morgan fingerprint density at radius 3 is 2.42 bits per heavy atom. The Morgan fingerprint density at radius 2 is 1.69 bits per heavy atom. The number of nitrogens with one attached hydrogen (secondary N) is 1. The summed E-state index contributed by atoms with van der Waals surface area (Å²) in [5, 5.41) is 4.12. The van der Waals surface area contributed by atoms with Crippen LogP contribution in [0.25, 0.3) is 11.3 Å². The van der Waals surface area contributed by atoms with Crippen molar-refractivity contribution in [2.75, 3.05) is 20.8 Å². The van der Waals surface area contributed by atoms with Gasteiger partial charge in [-0.3, -0.25) is 0 Å². The van der Waals surface area contributed by atoms with Crippen molar-refractivity contribution < 1.29 is 13.9 Å². The van der Waals surface area contributed by atoms with Crippen LogP contribution in [0.4, 0.5) is 0 Å². The third kappa shape index (κ3) is 4.59. The van der Waals surface area contributed by atoms with E-state index in [1.54, 1.807) is 14.2 Å². The fourth-order valence-electron chi connectivity index (χ4n) is 2.72. The fourth-order valence-corrected chi connectivity index (χ4v) is 2.85. The topological polar surface area (TPSA) is 43.6 Å². The molecular formula is C21H22ClNO3. The summed E-state index contributed by atoms with van der Waals surface area (Å²) in [7, 11) is 3.29. The lowest BCUT2D eigenvalue weighted by molar-refractivity contribution is 0.354. The molecule has 0 aliphatic heterocycles. The van der Waals surface area contributed by atoms with E-state index in [0.29, 0.717) is 6.54 Å². The molecule has 26 heavy (non-hydrogen) atoms. The van der Waals surface area contributed by atoms with Gasteiger partial charge in [0, 0.05) is 10.6 Å². The van der Waals surface area contributed by atoms with Crippen LogP contribution in [0, 0.1) is 0 Å². The van der Waals surface area contributed by atoms with Crippen molar-refractivity contribution in [3.63, 3.8) is 0 Å². The Bertz CT molecular complexity index is 843. The van der Waals surface area contributed by atoms with E-state index in [1.807, 2.05) is 48.5 Å². The van der Waals surface area contributed by atoms with Crippen LogP contribution in [-0.2, 0) is 13.0 Å². The van der Waals surface area contributed by atoms with Crippen LogP contribution in [0.2, 0.25) is 5.02 Å². The van der Waals surface area contributed by atoms with Crippen molar-refractivity contribution in [1.82, 2.24) is 5.32 Å². The monoisotopic (exact) mass is 371 g/mol. The lowest BCUT2D eigenvalue weighted by Gasteiger charge is -2.09. The number of halogens is 1. The molecule has 0 aliphatic rings. The molecule has 5 heteroatoms. The smallest absolute Gasteiger partial charge is 0.160 e. The molecule has 0 saturated heterocycles. The average Bonchev–Trinajstić information content (AvgIpc) is 3.14. The van der Waals surface area contributed by atoms with E-state index < -0.39 is 0 Å². The zero-order chi connectivity index (χ0) is 18.4. The minimum atomic E-state index is 0.681. The maximum atomic E-state index is 5.92. The Hall–Kier alpha value is -2.43. The van der Waals surface area contributed by atoms with Crippen LogP contribution in [0.3, 0.4) is 0 Å². The highest BCUT2D eigenvalue weighted by atomic mass is 35.5. The molecule has 0 unspecified atom stereocenters. The van der Waals surface area contributed by atoms with E-state index in [1.165, 1.54) is 5.56 Å². The standard InChI is InChI=1S/C21H22ClNO3/c1-24-20-9-3-15(13-21(20)25-2)11-12-23-14-18-8-10-19(26-18)16-4-6-17(22)7-5-16/h3-10,13,23H,11-12,14H2,1-2H3. The summed E-state index contributed by atoms with van der Waals surface area (Å²) in [6.45, 7) is 1.52. The van der Waals surface area contributed by atoms with E-state index in [4.69, 9.17) is 25.5 Å². The average molecular weight is 372 g/mol. The van der Waals surface area contributed by atoms with Crippen LogP contribution < -0.4 is 14.8 Å². The molecular weight excluding hydrogens is 350 g/mol. The molecule has 3 rings (SSSR count). The van der Waals surface area contributed by atoms with Gasteiger partial charge in [-0.15, -0.1) is 0 Å². The van der Waals surface area contributed by atoms with Gasteiger partial charge in [0.2, 0.25) is 0 Å². The van der Waals surface area contributed by atoms with E-state index in [2.05, 4.69) is 11.4 Å². The summed E-state index contributed by atoms with van der Waals surface area (Å²) in [6.07, 6.45) is 0.894. The predicted octanol–water partition coefficient (Wildman–Crippen LogP) is 4.95. The van der Waals surface area contributed by atoms with E-state index in [-0.39, 0.29) is 0 Å². The molecule has 3 aromatic rings. The molecule has 1 aromatic heterocycles. The summed E-state index contributed by atoms with van der Waals surface area (Å²) in [5.41, 5.74) is 2.21. The van der Waals surface area contributed by atoms with Crippen molar-refractivity contribution in [2.45, 2.75) is 13.0 Å². The van der Waals surface area contributed by atoms with Crippen molar-refractivity contribution in [3.8, 4) is 22.8 Å². The zero-order valence-electron chi connectivity index (χ0n) is 14.9.